The summed E-state index contributed by atoms with van der Waals surface area (Å²) in [6.45, 7) is 1.68. The summed E-state index contributed by atoms with van der Waals surface area (Å²) in [5, 5.41) is 0.385. The fourth-order valence-electron chi connectivity index (χ4n) is 3.11. The minimum Gasteiger partial charge on any atom is -0.488 e. The van der Waals surface area contributed by atoms with Gasteiger partial charge in [0.05, 0.1) is 10.3 Å². The maximum absolute atomic E-state index is 13.1. The Hall–Kier alpha value is -3.45. The Morgan fingerprint density at radius 3 is 2.31 bits per heavy atom. The summed E-state index contributed by atoms with van der Waals surface area (Å²) in [5.41, 5.74) is 1.36. The van der Waals surface area contributed by atoms with Crippen LogP contribution in [0.3, 0.4) is 0 Å². The minimum atomic E-state index is -3.92. The van der Waals surface area contributed by atoms with E-state index in [1.54, 1.807) is 24.3 Å². The summed E-state index contributed by atoms with van der Waals surface area (Å²) in [5.74, 6) is 0.139. The molecule has 0 saturated carbocycles. The second-order valence-electron chi connectivity index (χ2n) is 6.49. The highest BCUT2D eigenvalue weighted by molar-refractivity contribution is 7.90. The van der Waals surface area contributed by atoms with Crippen molar-refractivity contribution in [1.29, 1.82) is 0 Å². The summed E-state index contributed by atoms with van der Waals surface area (Å²) in [6, 6.07) is 19.3. The van der Waals surface area contributed by atoms with Gasteiger partial charge in [-0.1, -0.05) is 48.5 Å². The molecule has 4 aromatic rings. The highest BCUT2D eigenvalue weighted by Gasteiger charge is 2.25. The molecule has 0 spiro atoms. The third-order valence-corrected chi connectivity index (χ3v) is 6.20. The van der Waals surface area contributed by atoms with Crippen LogP contribution in [0.1, 0.15) is 22.8 Å². The van der Waals surface area contributed by atoms with Gasteiger partial charge in [-0.2, -0.15) is 0 Å². The summed E-state index contributed by atoms with van der Waals surface area (Å²) in [6.07, 6.45) is 2.79. The molecule has 2 aromatic heterocycles. The van der Waals surface area contributed by atoms with E-state index in [9.17, 15) is 13.2 Å². The minimum absolute atomic E-state index is 0.115. The second kappa shape index (κ2) is 7.52. The molecule has 0 aliphatic heterocycles. The number of rotatable bonds is 6. The number of benzene rings is 2. The molecule has 2 heterocycles. The predicted octanol–water partition coefficient (Wildman–Crippen LogP) is 4.05. The first-order valence-electron chi connectivity index (χ1n) is 8.97. The van der Waals surface area contributed by atoms with Crippen LogP contribution in [-0.4, -0.2) is 23.2 Å². The zero-order valence-electron chi connectivity index (χ0n) is 15.6. The van der Waals surface area contributed by atoms with Crippen LogP contribution in [0, 0.1) is 0 Å². The molecule has 29 heavy (non-hydrogen) atoms. The molecule has 0 radical (unpaired) electrons. The first-order valence-corrected chi connectivity index (χ1v) is 10.4. The maximum atomic E-state index is 13.1. The normalized spacial score (nSPS) is 11.5. The van der Waals surface area contributed by atoms with Crippen molar-refractivity contribution in [3.05, 3.63) is 90.3 Å². The summed E-state index contributed by atoms with van der Waals surface area (Å²) < 4.78 is 33.3. The molecule has 4 rings (SSSR count). The number of pyridine rings is 1. The van der Waals surface area contributed by atoms with Crippen molar-refractivity contribution in [2.45, 2.75) is 18.4 Å². The topological polar surface area (TPSA) is 78.3 Å². The second-order valence-corrected chi connectivity index (χ2v) is 8.31. The average Bonchev–Trinajstić information content (AvgIpc) is 3.15. The van der Waals surface area contributed by atoms with E-state index in [4.69, 9.17) is 4.74 Å². The largest absolute Gasteiger partial charge is 0.488 e. The number of Topliss-reactive ketones (excluding diaryl/α,β-unsaturated/α-hetero) is 1. The zero-order valence-corrected chi connectivity index (χ0v) is 16.5. The van der Waals surface area contributed by atoms with Gasteiger partial charge in [0.2, 0.25) is 0 Å². The molecule has 0 bridgehead atoms. The van der Waals surface area contributed by atoms with Crippen LogP contribution < -0.4 is 4.74 Å². The lowest BCUT2D eigenvalue weighted by molar-refractivity contribution is 0.101. The van der Waals surface area contributed by atoms with E-state index in [1.165, 1.54) is 31.5 Å². The van der Waals surface area contributed by atoms with Crippen molar-refractivity contribution in [3.8, 4) is 5.75 Å². The molecule has 0 aliphatic carbocycles. The van der Waals surface area contributed by atoms with Crippen LogP contribution >= 0.6 is 0 Å². The molecule has 0 fully saturated rings. The fraction of sp³-hybridized carbons (Fsp3) is 0.0909. The lowest BCUT2D eigenvalue weighted by Crippen LogP contribution is -2.12. The smallest absolute Gasteiger partial charge is 0.269 e. The molecule has 0 atom stereocenters. The first kappa shape index (κ1) is 18.9. The number of fused-ring (bicyclic) bond motifs is 1. The van der Waals surface area contributed by atoms with E-state index in [0.717, 1.165) is 9.54 Å². The lowest BCUT2D eigenvalue weighted by atomic mass is 10.1. The van der Waals surface area contributed by atoms with Crippen molar-refractivity contribution in [1.82, 2.24) is 8.96 Å². The molecule has 6 nitrogen and oxygen atoms in total. The maximum Gasteiger partial charge on any atom is 0.269 e. The van der Waals surface area contributed by atoms with Crippen molar-refractivity contribution < 1.29 is 17.9 Å². The number of carbonyl (C=O) groups excluding carboxylic acids is 1. The number of ketones is 1. The molecular formula is C22H18N2O4S. The summed E-state index contributed by atoms with van der Waals surface area (Å²) in [4.78, 5) is 16.6. The van der Waals surface area contributed by atoms with E-state index >= 15 is 0 Å². The molecule has 0 N–H and O–H groups in total. The first-order chi connectivity index (χ1) is 14.0. The Balaban J connectivity index is 1.85. The summed E-state index contributed by atoms with van der Waals surface area (Å²) >= 11 is 0. The highest BCUT2D eigenvalue weighted by atomic mass is 32.2. The molecule has 0 amide bonds. The van der Waals surface area contributed by atoms with Crippen molar-refractivity contribution in [2.24, 2.45) is 0 Å². The van der Waals surface area contributed by atoms with Gasteiger partial charge in [-0.15, -0.1) is 0 Å². The Kier molecular flexibility index (Phi) is 4.90. The van der Waals surface area contributed by atoms with Gasteiger partial charge in [-0.3, -0.25) is 4.79 Å². The number of hydrogen-bond donors (Lipinski definition) is 0. The Bertz CT molecular complexity index is 1280. The standard InChI is InChI=1S/C22H18N2O4S/c1-16(25)19-14-24(29(26,27)18-10-6-3-7-11-18)22-21(19)20(12-13-23-22)28-15-17-8-4-2-5-9-17/h2-14H,15H2,1H3. The van der Waals surface area contributed by atoms with E-state index in [2.05, 4.69) is 4.98 Å². The Labute approximate surface area is 168 Å². The molecular weight excluding hydrogens is 388 g/mol. The van der Waals surface area contributed by atoms with Crippen molar-refractivity contribution in [3.63, 3.8) is 0 Å². The van der Waals surface area contributed by atoms with E-state index < -0.39 is 10.0 Å². The molecule has 7 heteroatoms. The van der Waals surface area contributed by atoms with Crippen LogP contribution in [0.25, 0.3) is 11.0 Å². The van der Waals surface area contributed by atoms with E-state index in [0.29, 0.717) is 11.1 Å². The predicted molar refractivity (Wildman–Crippen MR) is 110 cm³/mol. The highest BCUT2D eigenvalue weighted by Crippen LogP contribution is 2.32. The van der Waals surface area contributed by atoms with E-state index in [-0.39, 0.29) is 28.5 Å². The van der Waals surface area contributed by atoms with Crippen LogP contribution in [-0.2, 0) is 16.6 Å². The van der Waals surface area contributed by atoms with Gasteiger partial charge in [-0.05, 0) is 30.7 Å². The van der Waals surface area contributed by atoms with E-state index in [1.807, 2.05) is 30.3 Å². The van der Waals surface area contributed by atoms with Gasteiger partial charge in [0, 0.05) is 18.0 Å². The average molecular weight is 406 g/mol. The third kappa shape index (κ3) is 3.52. The van der Waals surface area contributed by atoms with Crippen LogP contribution in [0.15, 0.2) is 84.0 Å². The monoisotopic (exact) mass is 406 g/mol. The third-order valence-electron chi connectivity index (χ3n) is 4.53. The zero-order chi connectivity index (χ0) is 20.4. The number of ether oxygens (including phenoxy) is 1. The van der Waals surface area contributed by atoms with Gasteiger partial charge >= 0.3 is 0 Å². The van der Waals surface area contributed by atoms with Gasteiger partial charge < -0.3 is 4.74 Å². The number of aromatic nitrogens is 2. The molecule has 0 aliphatic rings. The number of hydrogen-bond acceptors (Lipinski definition) is 5. The molecule has 146 valence electrons. The fourth-order valence-corrected chi connectivity index (χ4v) is 4.45. The quantitative estimate of drug-likeness (QED) is 0.451. The van der Waals surface area contributed by atoms with Crippen LogP contribution in [0.5, 0.6) is 5.75 Å². The van der Waals surface area contributed by atoms with Crippen LogP contribution in [0.4, 0.5) is 0 Å². The van der Waals surface area contributed by atoms with Gasteiger partial charge in [-0.25, -0.2) is 17.4 Å². The number of carbonyl (C=O) groups is 1. The molecule has 0 unspecified atom stereocenters. The lowest BCUT2D eigenvalue weighted by Gasteiger charge is -2.09. The van der Waals surface area contributed by atoms with Gasteiger partial charge in [0.15, 0.2) is 11.4 Å². The van der Waals surface area contributed by atoms with Gasteiger partial charge in [0.25, 0.3) is 10.0 Å². The summed E-state index contributed by atoms with van der Waals surface area (Å²) in [7, 11) is -3.92. The van der Waals surface area contributed by atoms with Crippen LogP contribution in [0.2, 0.25) is 0 Å². The molecule has 2 aromatic carbocycles. The van der Waals surface area contributed by atoms with Gasteiger partial charge in [0.1, 0.15) is 12.4 Å². The SMILES string of the molecule is CC(=O)c1cn(S(=O)(=O)c2ccccc2)c2nccc(OCc3ccccc3)c12. The molecule has 0 saturated heterocycles. The van der Waals surface area contributed by atoms with Crippen molar-refractivity contribution >= 4 is 26.8 Å². The Morgan fingerprint density at radius 2 is 1.66 bits per heavy atom. The number of nitrogens with zero attached hydrogens (tertiary/aromatic N) is 2. The Morgan fingerprint density at radius 1 is 1.00 bits per heavy atom. The van der Waals surface area contributed by atoms with Crippen molar-refractivity contribution in [2.75, 3.05) is 0 Å².